The van der Waals surface area contributed by atoms with Crippen molar-refractivity contribution in [2.75, 3.05) is 0 Å². The summed E-state index contributed by atoms with van der Waals surface area (Å²) in [5, 5.41) is 6.92. The molecule has 3 rings (SSSR count). The largest absolute Gasteiger partial charge is 0.444 e. The summed E-state index contributed by atoms with van der Waals surface area (Å²) in [6.45, 7) is 5.11. The average Bonchev–Trinajstić information content (AvgIpc) is 3.12. The molecule has 10 heteroatoms. The van der Waals surface area contributed by atoms with Gasteiger partial charge >= 0.3 is 12.1 Å². The number of aryl methyl sites for hydroxylation is 1. The molecule has 1 aromatic heterocycles. The number of ether oxygens (including phenoxy) is 1. The van der Waals surface area contributed by atoms with Crippen molar-refractivity contribution in [1.82, 2.24) is 20.2 Å². The average molecular weight is 400 g/mol. The smallest absolute Gasteiger partial charge is 0.407 e. The predicted molar refractivity (Wildman–Crippen MR) is 98.6 cm³/mol. The third kappa shape index (κ3) is 4.10. The van der Waals surface area contributed by atoms with Crippen LogP contribution in [0, 0.1) is 0 Å². The summed E-state index contributed by atoms with van der Waals surface area (Å²) in [6.07, 6.45) is 0.706. The Morgan fingerprint density at radius 2 is 1.69 bits per heavy atom. The van der Waals surface area contributed by atoms with Gasteiger partial charge in [-0.05, 0) is 32.9 Å². The Labute approximate surface area is 166 Å². The molecule has 0 saturated carbocycles. The molecule has 0 bridgehead atoms. The molecule has 1 N–H and O–H groups in total. The molecular formula is C19H20N4O6. The molecular weight excluding hydrogens is 380 g/mol. The summed E-state index contributed by atoms with van der Waals surface area (Å²) >= 11 is 0. The Balaban J connectivity index is 1.73. The summed E-state index contributed by atoms with van der Waals surface area (Å²) in [5.41, 5.74) is -0.0476. The number of hydroxylamine groups is 2. The number of aromatic nitrogens is 2. The van der Waals surface area contributed by atoms with Gasteiger partial charge in [-0.15, -0.1) is 0 Å². The van der Waals surface area contributed by atoms with Crippen molar-refractivity contribution >= 4 is 23.9 Å². The number of rotatable bonds is 4. The number of hydrogen-bond donors (Lipinski definition) is 1. The molecule has 0 radical (unpaired) electrons. The van der Waals surface area contributed by atoms with Gasteiger partial charge in [0.15, 0.2) is 5.69 Å². The molecule has 2 aromatic rings. The quantitative estimate of drug-likeness (QED) is 0.777. The van der Waals surface area contributed by atoms with Crippen molar-refractivity contribution in [1.29, 1.82) is 0 Å². The molecule has 2 heterocycles. The lowest BCUT2D eigenvalue weighted by molar-refractivity contribution is -0.0592. The lowest BCUT2D eigenvalue weighted by atomic mass is 10.1. The van der Waals surface area contributed by atoms with E-state index in [0.29, 0.717) is 10.6 Å². The van der Waals surface area contributed by atoms with Gasteiger partial charge in [0.05, 0.1) is 23.9 Å². The molecule has 0 fully saturated rings. The van der Waals surface area contributed by atoms with Crippen LogP contribution in [0.15, 0.2) is 30.5 Å². The van der Waals surface area contributed by atoms with Gasteiger partial charge in [-0.3, -0.25) is 14.3 Å². The second-order valence-corrected chi connectivity index (χ2v) is 7.33. The van der Waals surface area contributed by atoms with Crippen molar-refractivity contribution in [3.8, 4) is 0 Å². The minimum Gasteiger partial charge on any atom is -0.444 e. The van der Waals surface area contributed by atoms with E-state index in [-0.39, 0.29) is 23.4 Å². The van der Waals surface area contributed by atoms with Crippen LogP contribution in [0.25, 0.3) is 0 Å². The van der Waals surface area contributed by atoms with E-state index in [4.69, 9.17) is 9.57 Å². The molecule has 0 saturated heterocycles. The number of hydrogen-bond acceptors (Lipinski definition) is 7. The van der Waals surface area contributed by atoms with Crippen LogP contribution in [0.4, 0.5) is 4.79 Å². The number of fused-ring (bicyclic) bond motifs is 1. The third-order valence-electron chi connectivity index (χ3n) is 3.96. The Hall–Kier alpha value is -3.69. The normalized spacial score (nSPS) is 13.3. The molecule has 1 aliphatic heterocycles. The molecule has 152 valence electrons. The zero-order valence-corrected chi connectivity index (χ0v) is 16.4. The highest BCUT2D eigenvalue weighted by molar-refractivity contribution is 6.21. The standard InChI is InChI=1S/C19H20N4O6/c1-19(2,3)28-18(27)20-9-11-10-21-22(4)14(11)17(26)29-23-15(24)12-7-5-6-8-13(12)16(23)25/h5-8,10H,9H2,1-4H3,(H,20,27). The highest BCUT2D eigenvalue weighted by atomic mass is 16.7. The fourth-order valence-corrected chi connectivity index (χ4v) is 2.73. The highest BCUT2D eigenvalue weighted by Crippen LogP contribution is 2.23. The molecule has 0 spiro atoms. The van der Waals surface area contributed by atoms with Gasteiger partial charge in [0.2, 0.25) is 0 Å². The molecule has 3 amide bonds. The topological polar surface area (TPSA) is 120 Å². The van der Waals surface area contributed by atoms with Crippen LogP contribution >= 0.6 is 0 Å². The number of nitrogens with one attached hydrogen (secondary N) is 1. The Kier molecular flexibility index (Phi) is 5.10. The number of alkyl carbamates (subject to hydrolysis) is 1. The highest BCUT2D eigenvalue weighted by Gasteiger charge is 2.39. The fraction of sp³-hybridized carbons (Fsp3) is 0.316. The summed E-state index contributed by atoms with van der Waals surface area (Å²) in [4.78, 5) is 54.3. The van der Waals surface area contributed by atoms with Gasteiger partial charge in [0.25, 0.3) is 11.8 Å². The summed E-state index contributed by atoms with van der Waals surface area (Å²) in [5.74, 6) is -2.41. The summed E-state index contributed by atoms with van der Waals surface area (Å²) in [6, 6.07) is 6.17. The number of imide groups is 1. The van der Waals surface area contributed by atoms with Crippen molar-refractivity contribution in [3.63, 3.8) is 0 Å². The van der Waals surface area contributed by atoms with E-state index in [1.807, 2.05) is 0 Å². The maximum atomic E-state index is 12.6. The molecule has 29 heavy (non-hydrogen) atoms. The van der Waals surface area contributed by atoms with E-state index in [1.165, 1.54) is 30.1 Å². The minimum atomic E-state index is -0.958. The number of benzene rings is 1. The number of carbonyl (C=O) groups excluding carboxylic acids is 4. The van der Waals surface area contributed by atoms with Crippen LogP contribution in [0.1, 0.15) is 57.5 Å². The first kappa shape index (κ1) is 20.1. The van der Waals surface area contributed by atoms with E-state index in [0.717, 1.165) is 0 Å². The zero-order valence-electron chi connectivity index (χ0n) is 16.4. The molecule has 0 aliphatic carbocycles. The van der Waals surface area contributed by atoms with Crippen LogP contribution in [0.5, 0.6) is 0 Å². The van der Waals surface area contributed by atoms with E-state index < -0.39 is 29.5 Å². The molecule has 0 atom stereocenters. The van der Waals surface area contributed by atoms with Gasteiger partial charge < -0.3 is 14.9 Å². The molecule has 10 nitrogen and oxygen atoms in total. The van der Waals surface area contributed by atoms with Crippen LogP contribution in [-0.4, -0.2) is 44.3 Å². The van der Waals surface area contributed by atoms with Gasteiger partial charge in [-0.2, -0.15) is 5.10 Å². The molecule has 1 aliphatic rings. The van der Waals surface area contributed by atoms with Crippen molar-refractivity contribution in [3.05, 3.63) is 52.8 Å². The van der Waals surface area contributed by atoms with Crippen molar-refractivity contribution < 1.29 is 28.8 Å². The van der Waals surface area contributed by atoms with Crippen molar-refractivity contribution in [2.24, 2.45) is 7.05 Å². The van der Waals surface area contributed by atoms with E-state index in [1.54, 1.807) is 32.9 Å². The van der Waals surface area contributed by atoms with Gasteiger partial charge in [0, 0.05) is 12.6 Å². The first-order chi connectivity index (χ1) is 13.6. The van der Waals surface area contributed by atoms with Gasteiger partial charge in [-0.25, -0.2) is 9.59 Å². The predicted octanol–water partition coefficient (Wildman–Crippen LogP) is 1.81. The lowest BCUT2D eigenvalue weighted by Crippen LogP contribution is -2.34. The van der Waals surface area contributed by atoms with E-state index >= 15 is 0 Å². The van der Waals surface area contributed by atoms with Gasteiger partial charge in [-0.1, -0.05) is 17.2 Å². The van der Waals surface area contributed by atoms with Crippen LogP contribution in [0.2, 0.25) is 0 Å². The summed E-state index contributed by atoms with van der Waals surface area (Å²) < 4.78 is 6.38. The number of nitrogens with zero attached hydrogens (tertiary/aromatic N) is 3. The molecule has 0 unspecified atom stereocenters. The third-order valence-corrected chi connectivity index (χ3v) is 3.96. The monoisotopic (exact) mass is 400 g/mol. The van der Waals surface area contributed by atoms with Crippen LogP contribution in [-0.2, 0) is 23.2 Å². The first-order valence-corrected chi connectivity index (χ1v) is 8.76. The van der Waals surface area contributed by atoms with Gasteiger partial charge in [0.1, 0.15) is 5.60 Å². The van der Waals surface area contributed by atoms with E-state index in [2.05, 4.69) is 10.4 Å². The van der Waals surface area contributed by atoms with Crippen molar-refractivity contribution in [2.45, 2.75) is 32.9 Å². The zero-order chi connectivity index (χ0) is 21.3. The SMILES string of the molecule is Cn1ncc(CNC(=O)OC(C)(C)C)c1C(=O)ON1C(=O)c2ccccc2C1=O. The minimum absolute atomic E-state index is 0.0161. The summed E-state index contributed by atoms with van der Waals surface area (Å²) in [7, 11) is 1.50. The number of amides is 3. The van der Waals surface area contributed by atoms with Crippen LogP contribution in [0.3, 0.4) is 0 Å². The second-order valence-electron chi connectivity index (χ2n) is 7.33. The molecule has 1 aromatic carbocycles. The maximum absolute atomic E-state index is 12.6. The Bertz CT molecular complexity index is 969. The Morgan fingerprint density at radius 3 is 2.24 bits per heavy atom. The number of carbonyl (C=O) groups is 4. The second kappa shape index (κ2) is 7.38. The Morgan fingerprint density at radius 1 is 1.10 bits per heavy atom. The fourth-order valence-electron chi connectivity index (χ4n) is 2.73. The maximum Gasteiger partial charge on any atom is 0.407 e. The lowest BCUT2D eigenvalue weighted by Gasteiger charge is -2.19. The van der Waals surface area contributed by atoms with Crippen LogP contribution < -0.4 is 5.32 Å². The first-order valence-electron chi connectivity index (χ1n) is 8.76. The van der Waals surface area contributed by atoms with E-state index in [9.17, 15) is 19.2 Å².